The second-order valence-corrected chi connectivity index (χ2v) is 19.9. The van der Waals surface area contributed by atoms with Gasteiger partial charge in [0.05, 0.1) is 0 Å². The Labute approximate surface area is 387 Å². The van der Waals surface area contributed by atoms with Crippen LogP contribution in [0.25, 0.3) is 0 Å². The summed E-state index contributed by atoms with van der Waals surface area (Å²) in [7, 11) is 0. The van der Waals surface area contributed by atoms with E-state index in [2.05, 4.69) is 34.6 Å². The van der Waals surface area contributed by atoms with Crippen molar-refractivity contribution in [2.24, 2.45) is 11.8 Å². The second kappa shape index (κ2) is 48.9. The summed E-state index contributed by atoms with van der Waals surface area (Å²) in [5.41, 5.74) is 0. The molecule has 0 heterocycles. The molecular formula is C56H108O6. The average Bonchev–Trinajstić information content (AvgIpc) is 3.26. The first-order valence-electron chi connectivity index (χ1n) is 27.8. The van der Waals surface area contributed by atoms with Gasteiger partial charge >= 0.3 is 17.9 Å². The fraction of sp³-hybridized carbons (Fsp3) is 0.946. The Morgan fingerprint density at radius 2 is 0.613 bits per heavy atom. The van der Waals surface area contributed by atoms with Crippen LogP contribution in [0.5, 0.6) is 0 Å². The molecule has 6 nitrogen and oxygen atoms in total. The van der Waals surface area contributed by atoms with Gasteiger partial charge in [-0.05, 0) is 31.1 Å². The monoisotopic (exact) mass is 877 g/mol. The van der Waals surface area contributed by atoms with Crippen molar-refractivity contribution in [2.45, 2.75) is 317 Å². The largest absolute Gasteiger partial charge is 0.462 e. The molecule has 0 saturated carbocycles. The number of hydrogen-bond acceptors (Lipinski definition) is 6. The van der Waals surface area contributed by atoms with E-state index in [0.717, 1.165) is 76.0 Å². The van der Waals surface area contributed by atoms with Crippen molar-refractivity contribution in [1.82, 2.24) is 0 Å². The highest BCUT2D eigenvalue weighted by atomic mass is 16.6. The lowest BCUT2D eigenvalue weighted by Gasteiger charge is -2.18. The van der Waals surface area contributed by atoms with Crippen LogP contribution >= 0.6 is 0 Å². The third kappa shape index (κ3) is 47.9. The number of rotatable bonds is 50. The predicted octanol–water partition coefficient (Wildman–Crippen LogP) is 18.1. The highest BCUT2D eigenvalue weighted by Crippen LogP contribution is 2.18. The van der Waals surface area contributed by atoms with Crippen molar-refractivity contribution in [3.05, 3.63) is 0 Å². The van der Waals surface area contributed by atoms with Gasteiger partial charge in [0, 0.05) is 19.3 Å². The molecule has 2 atom stereocenters. The van der Waals surface area contributed by atoms with Gasteiger partial charge < -0.3 is 14.2 Å². The molecule has 0 aromatic heterocycles. The zero-order chi connectivity index (χ0) is 45.4. The van der Waals surface area contributed by atoms with Crippen molar-refractivity contribution in [3.63, 3.8) is 0 Å². The highest BCUT2D eigenvalue weighted by molar-refractivity contribution is 5.71. The van der Waals surface area contributed by atoms with Gasteiger partial charge in [-0.1, -0.05) is 272 Å². The van der Waals surface area contributed by atoms with Gasteiger partial charge in [-0.25, -0.2) is 0 Å². The quantitative estimate of drug-likeness (QED) is 0.0344. The lowest BCUT2D eigenvalue weighted by atomic mass is 9.99. The van der Waals surface area contributed by atoms with E-state index in [1.165, 1.54) is 193 Å². The zero-order valence-corrected chi connectivity index (χ0v) is 42.5. The van der Waals surface area contributed by atoms with Crippen LogP contribution in [-0.4, -0.2) is 37.2 Å². The Bertz CT molecular complexity index is 949. The molecular weight excluding hydrogens is 769 g/mol. The van der Waals surface area contributed by atoms with Gasteiger partial charge in [-0.2, -0.15) is 0 Å². The van der Waals surface area contributed by atoms with Crippen LogP contribution in [0.1, 0.15) is 311 Å². The summed E-state index contributed by atoms with van der Waals surface area (Å²) >= 11 is 0. The SMILES string of the molecule is CCCCCCCC(=O)O[C@@H](COC(=O)CCCCCCCCCCCCCCCCCCCCC(C)C)COC(=O)CCCCCCCCCCCCCCCCC(C)CC. The number of carbonyl (C=O) groups is 3. The third-order valence-electron chi connectivity index (χ3n) is 13.1. The van der Waals surface area contributed by atoms with Crippen molar-refractivity contribution in [1.29, 1.82) is 0 Å². The number of hydrogen-bond donors (Lipinski definition) is 0. The topological polar surface area (TPSA) is 78.9 Å². The minimum atomic E-state index is -0.760. The van der Waals surface area contributed by atoms with E-state index in [1.807, 2.05) is 0 Å². The molecule has 0 aliphatic carbocycles. The summed E-state index contributed by atoms with van der Waals surface area (Å²) in [5.74, 6) is 0.896. The lowest BCUT2D eigenvalue weighted by molar-refractivity contribution is -0.167. The van der Waals surface area contributed by atoms with E-state index in [9.17, 15) is 14.4 Å². The molecule has 0 aliphatic heterocycles. The molecule has 0 amide bonds. The molecule has 0 aromatic carbocycles. The van der Waals surface area contributed by atoms with E-state index in [0.29, 0.717) is 19.3 Å². The smallest absolute Gasteiger partial charge is 0.306 e. The molecule has 62 heavy (non-hydrogen) atoms. The zero-order valence-electron chi connectivity index (χ0n) is 42.5. The van der Waals surface area contributed by atoms with E-state index in [-0.39, 0.29) is 31.1 Å². The van der Waals surface area contributed by atoms with Crippen LogP contribution in [0, 0.1) is 11.8 Å². The van der Waals surface area contributed by atoms with Crippen LogP contribution in [-0.2, 0) is 28.6 Å². The molecule has 1 unspecified atom stereocenters. The summed E-state index contributed by atoms with van der Waals surface area (Å²) < 4.78 is 16.7. The van der Waals surface area contributed by atoms with Crippen LogP contribution in [0.3, 0.4) is 0 Å². The second-order valence-electron chi connectivity index (χ2n) is 19.9. The molecule has 0 aromatic rings. The number of carbonyl (C=O) groups excluding carboxylic acids is 3. The molecule has 0 aliphatic rings. The van der Waals surface area contributed by atoms with Crippen molar-refractivity contribution < 1.29 is 28.6 Å². The maximum Gasteiger partial charge on any atom is 0.306 e. The molecule has 0 N–H and O–H groups in total. The van der Waals surface area contributed by atoms with Gasteiger partial charge in [0.15, 0.2) is 6.10 Å². The lowest BCUT2D eigenvalue weighted by Crippen LogP contribution is -2.30. The molecule has 0 bridgehead atoms. The van der Waals surface area contributed by atoms with Crippen molar-refractivity contribution >= 4 is 17.9 Å². The number of unbranched alkanes of at least 4 members (excludes halogenated alkanes) is 34. The molecule has 0 saturated heterocycles. The first-order chi connectivity index (χ1) is 30.3. The van der Waals surface area contributed by atoms with Crippen molar-refractivity contribution in [3.8, 4) is 0 Å². The summed E-state index contributed by atoms with van der Waals surface area (Å²) in [6.07, 6.45) is 51.3. The highest BCUT2D eigenvalue weighted by Gasteiger charge is 2.19. The third-order valence-corrected chi connectivity index (χ3v) is 13.1. The van der Waals surface area contributed by atoms with Gasteiger partial charge in [0.2, 0.25) is 0 Å². The Kier molecular flexibility index (Phi) is 47.6. The van der Waals surface area contributed by atoms with Crippen LogP contribution in [0.2, 0.25) is 0 Å². The molecule has 0 rings (SSSR count). The first kappa shape index (κ1) is 60.4. The molecule has 6 heteroatoms. The van der Waals surface area contributed by atoms with Crippen LogP contribution in [0.15, 0.2) is 0 Å². The Morgan fingerprint density at radius 3 is 0.919 bits per heavy atom. The van der Waals surface area contributed by atoms with E-state index in [1.54, 1.807) is 0 Å². The molecule has 0 spiro atoms. The van der Waals surface area contributed by atoms with E-state index in [4.69, 9.17) is 14.2 Å². The fourth-order valence-corrected chi connectivity index (χ4v) is 8.49. The average molecular weight is 877 g/mol. The maximum atomic E-state index is 12.6. The van der Waals surface area contributed by atoms with Crippen LogP contribution < -0.4 is 0 Å². The Hall–Kier alpha value is -1.59. The Balaban J connectivity index is 4.00. The van der Waals surface area contributed by atoms with Gasteiger partial charge in [-0.3, -0.25) is 14.4 Å². The van der Waals surface area contributed by atoms with Crippen molar-refractivity contribution in [2.75, 3.05) is 13.2 Å². The Morgan fingerprint density at radius 1 is 0.339 bits per heavy atom. The maximum absolute atomic E-state index is 12.6. The van der Waals surface area contributed by atoms with Gasteiger partial charge in [-0.15, -0.1) is 0 Å². The molecule has 0 radical (unpaired) electrons. The van der Waals surface area contributed by atoms with E-state index < -0.39 is 6.10 Å². The minimum Gasteiger partial charge on any atom is -0.462 e. The summed E-state index contributed by atoms with van der Waals surface area (Å²) in [5, 5.41) is 0. The first-order valence-corrected chi connectivity index (χ1v) is 27.8. The van der Waals surface area contributed by atoms with Gasteiger partial charge in [0.25, 0.3) is 0 Å². The normalized spacial score (nSPS) is 12.5. The summed E-state index contributed by atoms with van der Waals surface area (Å²) in [4.78, 5) is 37.7. The van der Waals surface area contributed by atoms with Crippen LogP contribution in [0.4, 0.5) is 0 Å². The van der Waals surface area contributed by atoms with E-state index >= 15 is 0 Å². The molecule has 0 fully saturated rings. The standard InChI is InChI=1S/C56H108O6/c1-6-8-9-34-43-48-56(59)62-53(50-61-55(58)47-42-38-33-29-25-21-17-16-19-23-27-31-36-40-45-52(5)7-2)49-60-54(57)46-41-37-32-28-24-20-15-13-11-10-12-14-18-22-26-30-35-39-44-51(3)4/h51-53H,6-50H2,1-5H3/t52?,53-/m0/s1. The summed E-state index contributed by atoms with van der Waals surface area (Å²) in [6, 6.07) is 0. The fourth-order valence-electron chi connectivity index (χ4n) is 8.49. The predicted molar refractivity (Wildman–Crippen MR) is 266 cm³/mol. The molecule has 368 valence electrons. The number of esters is 3. The minimum absolute atomic E-state index is 0.0646. The van der Waals surface area contributed by atoms with Gasteiger partial charge in [0.1, 0.15) is 13.2 Å². The number of ether oxygens (including phenoxy) is 3. The summed E-state index contributed by atoms with van der Waals surface area (Å²) in [6.45, 7) is 11.4.